The SMILES string of the molecule is CCCC(N)C(=O)Nc1ncc([C@H](C)NCCC(C)(C)C)o1. The molecule has 1 rings (SSSR count). The van der Waals surface area contributed by atoms with Gasteiger partial charge in [0.05, 0.1) is 18.3 Å². The molecule has 1 aromatic rings. The van der Waals surface area contributed by atoms with Crippen molar-refractivity contribution in [3.05, 3.63) is 12.0 Å². The van der Waals surface area contributed by atoms with Crippen molar-refractivity contribution < 1.29 is 9.21 Å². The number of anilines is 1. The molecule has 0 aliphatic heterocycles. The van der Waals surface area contributed by atoms with E-state index in [0.29, 0.717) is 17.6 Å². The summed E-state index contributed by atoms with van der Waals surface area (Å²) < 4.78 is 5.57. The number of nitrogens with one attached hydrogen (secondary N) is 2. The van der Waals surface area contributed by atoms with Crippen LogP contribution in [0.3, 0.4) is 0 Å². The molecule has 1 heterocycles. The predicted molar refractivity (Wildman–Crippen MR) is 88.5 cm³/mol. The molecule has 6 nitrogen and oxygen atoms in total. The standard InChI is InChI=1S/C16H30N4O2/c1-6-7-12(17)14(21)20-15-19-10-13(22-15)11(2)18-9-8-16(3,4)5/h10-12,18H,6-9,17H2,1-5H3,(H,19,20,21)/t11-,12?/m0/s1. The lowest BCUT2D eigenvalue weighted by Crippen LogP contribution is -2.35. The first-order chi connectivity index (χ1) is 10.2. The Morgan fingerprint density at radius 2 is 2.14 bits per heavy atom. The Morgan fingerprint density at radius 3 is 2.73 bits per heavy atom. The second-order valence-electron chi connectivity index (χ2n) is 6.94. The number of nitrogens with two attached hydrogens (primary N) is 1. The van der Waals surface area contributed by atoms with E-state index in [-0.39, 0.29) is 18.0 Å². The fraction of sp³-hybridized carbons (Fsp3) is 0.750. The minimum Gasteiger partial charge on any atom is -0.427 e. The molecule has 0 aliphatic rings. The molecule has 2 atom stereocenters. The number of aromatic nitrogens is 1. The van der Waals surface area contributed by atoms with Gasteiger partial charge in [-0.25, -0.2) is 4.98 Å². The summed E-state index contributed by atoms with van der Waals surface area (Å²) in [6.07, 6.45) is 4.21. The van der Waals surface area contributed by atoms with Gasteiger partial charge in [-0.2, -0.15) is 0 Å². The Kier molecular flexibility index (Phi) is 7.03. The first-order valence-electron chi connectivity index (χ1n) is 7.98. The van der Waals surface area contributed by atoms with E-state index in [1.165, 1.54) is 0 Å². The van der Waals surface area contributed by atoms with Gasteiger partial charge in [-0.3, -0.25) is 10.1 Å². The molecule has 0 fully saturated rings. The van der Waals surface area contributed by atoms with Gasteiger partial charge < -0.3 is 15.5 Å². The van der Waals surface area contributed by atoms with E-state index < -0.39 is 6.04 Å². The summed E-state index contributed by atoms with van der Waals surface area (Å²) in [4.78, 5) is 15.9. The number of carbonyl (C=O) groups excluding carboxylic acids is 1. The summed E-state index contributed by atoms with van der Waals surface area (Å²) in [7, 11) is 0. The fourth-order valence-corrected chi connectivity index (χ4v) is 1.95. The maximum atomic E-state index is 11.8. The largest absolute Gasteiger partial charge is 0.427 e. The van der Waals surface area contributed by atoms with Crippen LogP contribution >= 0.6 is 0 Å². The van der Waals surface area contributed by atoms with Gasteiger partial charge in [0.25, 0.3) is 0 Å². The zero-order valence-electron chi connectivity index (χ0n) is 14.4. The molecule has 0 saturated heterocycles. The molecule has 126 valence electrons. The smallest absolute Gasteiger partial charge is 0.301 e. The van der Waals surface area contributed by atoms with Crippen LogP contribution in [0.25, 0.3) is 0 Å². The van der Waals surface area contributed by atoms with Crippen LogP contribution in [0.4, 0.5) is 6.01 Å². The molecule has 0 radical (unpaired) electrons. The third-order valence-electron chi connectivity index (χ3n) is 3.44. The van der Waals surface area contributed by atoms with Gasteiger partial charge in [-0.15, -0.1) is 0 Å². The van der Waals surface area contributed by atoms with Gasteiger partial charge in [0.1, 0.15) is 5.76 Å². The van der Waals surface area contributed by atoms with E-state index in [2.05, 4.69) is 36.4 Å². The van der Waals surface area contributed by atoms with Crippen LogP contribution in [0.5, 0.6) is 0 Å². The summed E-state index contributed by atoms with van der Waals surface area (Å²) >= 11 is 0. The summed E-state index contributed by atoms with van der Waals surface area (Å²) in [5, 5.41) is 6.01. The van der Waals surface area contributed by atoms with Crippen molar-refractivity contribution in [1.82, 2.24) is 10.3 Å². The first-order valence-corrected chi connectivity index (χ1v) is 7.98. The van der Waals surface area contributed by atoms with Gasteiger partial charge in [0, 0.05) is 0 Å². The van der Waals surface area contributed by atoms with E-state index >= 15 is 0 Å². The van der Waals surface area contributed by atoms with Gasteiger partial charge in [0.2, 0.25) is 5.91 Å². The first kappa shape index (κ1) is 18.6. The molecule has 1 amide bonds. The number of amides is 1. The normalized spacial score (nSPS) is 14.6. The average Bonchev–Trinajstić information content (AvgIpc) is 2.86. The van der Waals surface area contributed by atoms with Gasteiger partial charge in [-0.1, -0.05) is 34.1 Å². The lowest BCUT2D eigenvalue weighted by molar-refractivity contribution is -0.117. The highest BCUT2D eigenvalue weighted by Crippen LogP contribution is 2.20. The third kappa shape index (κ3) is 6.58. The van der Waals surface area contributed by atoms with Crippen molar-refractivity contribution in [3.63, 3.8) is 0 Å². The Labute approximate surface area is 133 Å². The van der Waals surface area contributed by atoms with Crippen molar-refractivity contribution >= 4 is 11.9 Å². The molecule has 0 aromatic carbocycles. The van der Waals surface area contributed by atoms with E-state index in [0.717, 1.165) is 19.4 Å². The van der Waals surface area contributed by atoms with Crippen LogP contribution in [0, 0.1) is 5.41 Å². The summed E-state index contributed by atoms with van der Waals surface area (Å²) in [6, 6.07) is -0.275. The molecular weight excluding hydrogens is 280 g/mol. The van der Waals surface area contributed by atoms with E-state index in [1.807, 2.05) is 13.8 Å². The molecule has 0 spiro atoms. The van der Waals surface area contributed by atoms with Crippen LogP contribution in [0.15, 0.2) is 10.6 Å². The van der Waals surface area contributed by atoms with Crippen molar-refractivity contribution in [2.24, 2.45) is 11.1 Å². The number of oxazole rings is 1. The molecule has 6 heteroatoms. The lowest BCUT2D eigenvalue weighted by atomic mass is 9.92. The number of hydrogen-bond donors (Lipinski definition) is 3. The number of nitrogens with zero attached hydrogens (tertiary/aromatic N) is 1. The molecule has 0 aliphatic carbocycles. The van der Waals surface area contributed by atoms with Crippen LogP contribution in [0.2, 0.25) is 0 Å². The molecule has 4 N–H and O–H groups in total. The Balaban J connectivity index is 2.47. The number of hydrogen-bond acceptors (Lipinski definition) is 5. The van der Waals surface area contributed by atoms with Crippen molar-refractivity contribution in [1.29, 1.82) is 0 Å². The summed E-state index contributed by atoms with van der Waals surface area (Å²) in [5.74, 6) is 0.442. The molecule has 0 saturated carbocycles. The van der Waals surface area contributed by atoms with E-state index in [9.17, 15) is 4.79 Å². The van der Waals surface area contributed by atoms with Crippen molar-refractivity contribution in [2.75, 3.05) is 11.9 Å². The Bertz CT molecular complexity index is 465. The quantitative estimate of drug-likeness (QED) is 0.686. The third-order valence-corrected chi connectivity index (χ3v) is 3.44. The monoisotopic (exact) mass is 310 g/mol. The minimum absolute atomic E-state index is 0.0461. The zero-order valence-corrected chi connectivity index (χ0v) is 14.4. The van der Waals surface area contributed by atoms with E-state index in [4.69, 9.17) is 10.2 Å². The predicted octanol–water partition coefficient (Wildman–Crippen LogP) is 2.83. The van der Waals surface area contributed by atoms with Crippen molar-refractivity contribution in [3.8, 4) is 0 Å². The Hall–Kier alpha value is -1.40. The molecule has 1 unspecified atom stereocenters. The number of carbonyl (C=O) groups is 1. The molecular formula is C16H30N4O2. The molecule has 0 bridgehead atoms. The Morgan fingerprint density at radius 1 is 1.45 bits per heavy atom. The van der Waals surface area contributed by atoms with Crippen molar-refractivity contribution in [2.45, 2.75) is 66.0 Å². The van der Waals surface area contributed by atoms with Crippen LogP contribution < -0.4 is 16.4 Å². The minimum atomic E-state index is -0.525. The maximum Gasteiger partial charge on any atom is 0.301 e. The molecule has 1 aromatic heterocycles. The summed E-state index contributed by atoms with van der Waals surface area (Å²) in [6.45, 7) is 11.5. The van der Waals surface area contributed by atoms with E-state index in [1.54, 1.807) is 6.20 Å². The topological polar surface area (TPSA) is 93.2 Å². The second kappa shape index (κ2) is 8.29. The van der Waals surface area contributed by atoms with Crippen LogP contribution in [0.1, 0.15) is 65.7 Å². The lowest BCUT2D eigenvalue weighted by Gasteiger charge is -2.19. The van der Waals surface area contributed by atoms with Gasteiger partial charge in [0.15, 0.2) is 0 Å². The van der Waals surface area contributed by atoms with Gasteiger partial charge >= 0.3 is 6.01 Å². The fourth-order valence-electron chi connectivity index (χ4n) is 1.95. The average molecular weight is 310 g/mol. The zero-order chi connectivity index (χ0) is 16.8. The van der Waals surface area contributed by atoms with Gasteiger partial charge in [-0.05, 0) is 31.7 Å². The number of rotatable bonds is 8. The highest BCUT2D eigenvalue weighted by atomic mass is 16.4. The highest BCUT2D eigenvalue weighted by molar-refractivity contribution is 5.92. The maximum absolute atomic E-state index is 11.8. The molecule has 22 heavy (non-hydrogen) atoms. The van der Waals surface area contributed by atoms with Crippen LogP contribution in [-0.2, 0) is 4.79 Å². The van der Waals surface area contributed by atoms with Crippen LogP contribution in [-0.4, -0.2) is 23.5 Å². The summed E-state index contributed by atoms with van der Waals surface area (Å²) in [5.41, 5.74) is 6.05. The highest BCUT2D eigenvalue weighted by Gasteiger charge is 2.17. The second-order valence-corrected chi connectivity index (χ2v) is 6.94.